The third-order valence-electron chi connectivity index (χ3n) is 10.2. The molecule has 186 valence electrons. The van der Waals surface area contributed by atoms with Crippen molar-refractivity contribution in [2.75, 3.05) is 7.11 Å². The average Bonchev–Trinajstić information content (AvgIpc) is 3.23. The largest absolute Gasteiger partial charge is 0.497 e. The van der Waals surface area contributed by atoms with Gasteiger partial charge >= 0.3 is 0 Å². The number of Topliss-reactive ketones (excluding diaryl/α,β-unsaturated/α-hetero) is 1. The molecule has 0 amide bonds. The summed E-state index contributed by atoms with van der Waals surface area (Å²) in [5.74, 6) is 2.25. The number of ketones is 1. The van der Waals surface area contributed by atoms with Gasteiger partial charge in [-0.2, -0.15) is 10.5 Å². The Labute approximate surface area is 218 Å². The van der Waals surface area contributed by atoms with Crippen molar-refractivity contribution in [3.63, 3.8) is 0 Å². The maximum atomic E-state index is 15.0. The highest BCUT2D eigenvalue weighted by molar-refractivity contribution is 5.93. The molecular formula is C32H31N3O2. The van der Waals surface area contributed by atoms with E-state index in [9.17, 15) is 15.3 Å². The zero-order valence-corrected chi connectivity index (χ0v) is 21.1. The normalized spacial score (nSPS) is 35.8. The molecule has 5 nitrogen and oxygen atoms in total. The van der Waals surface area contributed by atoms with Gasteiger partial charge in [-0.25, -0.2) is 0 Å². The van der Waals surface area contributed by atoms with Crippen LogP contribution in [0.1, 0.15) is 67.2 Å². The molecule has 0 radical (unpaired) electrons. The number of nitriles is 2. The summed E-state index contributed by atoms with van der Waals surface area (Å²) in [5, 5.41) is 21.6. The molecule has 5 heteroatoms. The van der Waals surface area contributed by atoms with Crippen molar-refractivity contribution in [3.8, 4) is 17.9 Å². The fourth-order valence-electron chi connectivity index (χ4n) is 9.23. The van der Waals surface area contributed by atoms with Crippen LogP contribution in [-0.2, 0) is 4.79 Å². The van der Waals surface area contributed by atoms with Crippen LogP contribution < -0.4 is 4.74 Å². The molecule has 37 heavy (non-hydrogen) atoms. The van der Waals surface area contributed by atoms with E-state index in [1.807, 2.05) is 60.8 Å². The lowest BCUT2D eigenvalue weighted by Gasteiger charge is -2.57. The van der Waals surface area contributed by atoms with Crippen LogP contribution in [0.5, 0.6) is 5.75 Å². The molecule has 4 saturated carbocycles. The van der Waals surface area contributed by atoms with Crippen LogP contribution in [0.15, 0.2) is 54.7 Å². The molecular weight excluding hydrogens is 458 g/mol. The number of benzene rings is 2. The van der Waals surface area contributed by atoms with E-state index in [-0.39, 0.29) is 11.2 Å². The molecule has 0 unspecified atom stereocenters. The van der Waals surface area contributed by atoms with Crippen molar-refractivity contribution in [1.29, 1.82) is 10.5 Å². The fraction of sp³-hybridized carbons (Fsp3) is 0.469. The van der Waals surface area contributed by atoms with Crippen LogP contribution in [-0.4, -0.2) is 23.8 Å². The Bertz CT molecular complexity index is 1350. The van der Waals surface area contributed by atoms with Crippen molar-refractivity contribution < 1.29 is 9.53 Å². The first-order chi connectivity index (χ1) is 18.0. The fourth-order valence-corrected chi connectivity index (χ4v) is 9.23. The Morgan fingerprint density at radius 3 is 2.30 bits per heavy atom. The van der Waals surface area contributed by atoms with Gasteiger partial charge < -0.3 is 9.64 Å². The van der Waals surface area contributed by atoms with E-state index >= 15 is 0 Å². The van der Waals surface area contributed by atoms with Crippen molar-refractivity contribution in [2.45, 2.75) is 56.5 Å². The molecule has 2 aliphatic heterocycles. The number of methoxy groups -OCH3 is 1. The quantitative estimate of drug-likeness (QED) is 0.526. The molecule has 0 N–H and O–H groups in total. The minimum absolute atomic E-state index is 0.251. The molecule has 6 aliphatic rings. The van der Waals surface area contributed by atoms with Gasteiger partial charge in [-0.3, -0.25) is 4.79 Å². The predicted octanol–water partition coefficient (Wildman–Crippen LogP) is 6.01. The molecule has 0 spiro atoms. The molecule has 2 aromatic carbocycles. The Balaban J connectivity index is 1.43. The maximum absolute atomic E-state index is 15.0. The number of ether oxygens (including phenoxy) is 1. The van der Waals surface area contributed by atoms with E-state index in [0.717, 1.165) is 36.0 Å². The molecule has 4 aliphatic carbocycles. The SMILES string of the molecule is COc1cccc([C@H]2[C@H](C(=O)C34CC5CC(CC(C5)C3)C4)N3C=Cc4ccccc4[C@H]3C2(C#N)C#N)c1. The third-order valence-corrected chi connectivity index (χ3v) is 10.2. The molecule has 2 heterocycles. The van der Waals surface area contributed by atoms with Crippen molar-refractivity contribution in [1.82, 2.24) is 4.90 Å². The second-order valence-electron chi connectivity index (χ2n) is 12.1. The molecule has 4 bridgehead atoms. The van der Waals surface area contributed by atoms with E-state index in [1.165, 1.54) is 19.3 Å². The third kappa shape index (κ3) is 3.04. The maximum Gasteiger partial charge on any atom is 0.177 e. The average molecular weight is 490 g/mol. The molecule has 3 atom stereocenters. The van der Waals surface area contributed by atoms with Crippen molar-refractivity contribution in [2.24, 2.45) is 28.6 Å². The number of hydrogen-bond donors (Lipinski definition) is 0. The number of carbonyl (C=O) groups excluding carboxylic acids is 1. The van der Waals surface area contributed by atoms with Gasteiger partial charge in [-0.15, -0.1) is 0 Å². The van der Waals surface area contributed by atoms with E-state index < -0.39 is 23.4 Å². The van der Waals surface area contributed by atoms with E-state index in [0.29, 0.717) is 23.5 Å². The van der Waals surface area contributed by atoms with Crippen molar-refractivity contribution >= 4 is 11.9 Å². The number of rotatable bonds is 4. The summed E-state index contributed by atoms with van der Waals surface area (Å²) in [5.41, 5.74) is 1.02. The van der Waals surface area contributed by atoms with Gasteiger partial charge in [-0.1, -0.05) is 36.4 Å². The first kappa shape index (κ1) is 22.6. The van der Waals surface area contributed by atoms with Gasteiger partial charge in [0.25, 0.3) is 0 Å². The summed E-state index contributed by atoms with van der Waals surface area (Å²) in [6.07, 6.45) is 10.7. The first-order valence-corrected chi connectivity index (χ1v) is 13.6. The van der Waals surface area contributed by atoms with Crippen molar-refractivity contribution in [3.05, 3.63) is 71.4 Å². The molecule has 5 fully saturated rings. The van der Waals surface area contributed by atoms with E-state index in [2.05, 4.69) is 17.0 Å². The zero-order chi connectivity index (χ0) is 25.4. The highest BCUT2D eigenvalue weighted by Gasteiger charge is 2.67. The summed E-state index contributed by atoms with van der Waals surface area (Å²) >= 11 is 0. The Morgan fingerprint density at radius 2 is 1.65 bits per heavy atom. The van der Waals surface area contributed by atoms with Crippen LogP contribution in [0.4, 0.5) is 0 Å². The minimum Gasteiger partial charge on any atom is -0.497 e. The van der Waals surface area contributed by atoms with Crippen LogP contribution in [0.2, 0.25) is 0 Å². The lowest BCUT2D eigenvalue weighted by molar-refractivity contribution is -0.148. The molecule has 0 aromatic heterocycles. The standard InChI is InChI=1S/C32H31N3O2/c1-37-25-7-4-6-24(14-25)27-28(30(36)31-15-20-11-21(16-31)13-22(12-20)17-31)35-10-9-23-5-2-3-8-26(23)29(35)32(27,18-33)19-34/h2-10,14,20-22,27-29H,11-13,15-17H2,1H3/t20?,21?,22?,27-,28+,29-,31?/m0/s1. The van der Waals surface area contributed by atoms with Gasteiger partial charge in [0, 0.05) is 17.5 Å². The number of fused-ring (bicyclic) bond motifs is 3. The Hall–Kier alpha value is -3.57. The predicted molar refractivity (Wildman–Crippen MR) is 139 cm³/mol. The highest BCUT2D eigenvalue weighted by atomic mass is 16.5. The van der Waals surface area contributed by atoms with Crippen LogP contribution >= 0.6 is 0 Å². The van der Waals surface area contributed by atoms with Crippen LogP contribution in [0, 0.1) is 51.2 Å². The smallest absolute Gasteiger partial charge is 0.177 e. The summed E-state index contributed by atoms with van der Waals surface area (Å²) in [4.78, 5) is 17.1. The van der Waals surface area contributed by atoms with Gasteiger partial charge in [0.15, 0.2) is 11.2 Å². The summed E-state index contributed by atoms with van der Waals surface area (Å²) in [6, 6.07) is 19.5. The monoisotopic (exact) mass is 489 g/mol. The van der Waals surface area contributed by atoms with Gasteiger partial charge in [0.05, 0.1) is 31.3 Å². The van der Waals surface area contributed by atoms with Gasteiger partial charge in [0.1, 0.15) is 5.75 Å². The zero-order valence-electron chi connectivity index (χ0n) is 21.1. The molecule has 1 saturated heterocycles. The number of nitrogens with zero attached hydrogens (tertiary/aromatic N) is 3. The summed E-state index contributed by atoms with van der Waals surface area (Å²) < 4.78 is 5.54. The summed E-state index contributed by atoms with van der Waals surface area (Å²) in [6.45, 7) is 0. The number of carbonyl (C=O) groups is 1. The summed E-state index contributed by atoms with van der Waals surface area (Å²) in [7, 11) is 1.62. The van der Waals surface area contributed by atoms with Crippen LogP contribution in [0.3, 0.4) is 0 Å². The van der Waals surface area contributed by atoms with E-state index in [1.54, 1.807) is 7.11 Å². The first-order valence-electron chi connectivity index (χ1n) is 13.6. The van der Waals surface area contributed by atoms with Crippen LogP contribution in [0.25, 0.3) is 6.08 Å². The lowest BCUT2D eigenvalue weighted by atomic mass is 9.47. The molecule has 2 aromatic rings. The second kappa shape index (κ2) is 7.96. The topological polar surface area (TPSA) is 77.1 Å². The lowest BCUT2D eigenvalue weighted by Crippen LogP contribution is -2.55. The van der Waals surface area contributed by atoms with Gasteiger partial charge in [0.2, 0.25) is 0 Å². The highest BCUT2D eigenvalue weighted by Crippen LogP contribution is 2.65. The minimum atomic E-state index is -1.42. The second-order valence-corrected chi connectivity index (χ2v) is 12.1. The Kier molecular flexibility index (Phi) is 4.87. The van der Waals surface area contributed by atoms with Gasteiger partial charge in [-0.05, 0) is 91.2 Å². The number of hydrogen-bond acceptors (Lipinski definition) is 5. The molecule has 8 rings (SSSR count). The Morgan fingerprint density at radius 1 is 0.973 bits per heavy atom. The van der Waals surface area contributed by atoms with E-state index in [4.69, 9.17) is 4.74 Å².